The fourth-order valence-electron chi connectivity index (χ4n) is 1.60. The summed E-state index contributed by atoms with van der Waals surface area (Å²) in [5.74, 6) is 0.575. The molecule has 4 heteroatoms. The SMILES string of the molecule is CCCCNCc1cc(Cl)c(OC(C)C)c(Cl)c1. The van der Waals surface area contributed by atoms with E-state index in [1.807, 2.05) is 26.0 Å². The molecule has 0 saturated heterocycles. The topological polar surface area (TPSA) is 21.3 Å². The zero-order valence-corrected chi connectivity index (χ0v) is 12.7. The van der Waals surface area contributed by atoms with Crippen LogP contribution in [0.2, 0.25) is 10.0 Å². The monoisotopic (exact) mass is 289 g/mol. The molecule has 0 bridgehead atoms. The van der Waals surface area contributed by atoms with E-state index in [0.717, 1.165) is 18.7 Å². The van der Waals surface area contributed by atoms with E-state index < -0.39 is 0 Å². The molecule has 18 heavy (non-hydrogen) atoms. The summed E-state index contributed by atoms with van der Waals surface area (Å²) in [6.45, 7) is 7.87. The first-order chi connectivity index (χ1) is 8.54. The second kappa shape index (κ2) is 7.88. The second-order valence-electron chi connectivity index (χ2n) is 4.59. The van der Waals surface area contributed by atoms with E-state index in [0.29, 0.717) is 15.8 Å². The van der Waals surface area contributed by atoms with Crippen molar-refractivity contribution in [3.8, 4) is 5.75 Å². The Kier molecular flexibility index (Phi) is 6.83. The minimum atomic E-state index is 0.0635. The lowest BCUT2D eigenvalue weighted by molar-refractivity contribution is 0.242. The number of ether oxygens (including phenoxy) is 1. The van der Waals surface area contributed by atoms with E-state index in [9.17, 15) is 0 Å². The minimum absolute atomic E-state index is 0.0635. The van der Waals surface area contributed by atoms with E-state index in [2.05, 4.69) is 12.2 Å². The van der Waals surface area contributed by atoms with Gasteiger partial charge >= 0.3 is 0 Å². The molecular formula is C14H21Cl2NO. The van der Waals surface area contributed by atoms with Crippen LogP contribution in [0.1, 0.15) is 39.2 Å². The molecule has 1 aromatic carbocycles. The second-order valence-corrected chi connectivity index (χ2v) is 5.40. The molecule has 0 fully saturated rings. The van der Waals surface area contributed by atoms with Crippen molar-refractivity contribution >= 4 is 23.2 Å². The van der Waals surface area contributed by atoms with Gasteiger partial charge in [-0.1, -0.05) is 36.5 Å². The molecule has 0 saturated carbocycles. The summed E-state index contributed by atoms with van der Waals surface area (Å²) in [6, 6.07) is 3.81. The van der Waals surface area contributed by atoms with Crippen LogP contribution in [-0.2, 0) is 6.54 Å². The molecule has 0 heterocycles. The summed E-state index contributed by atoms with van der Waals surface area (Å²) in [4.78, 5) is 0. The highest BCUT2D eigenvalue weighted by atomic mass is 35.5. The Morgan fingerprint density at radius 1 is 1.22 bits per heavy atom. The van der Waals surface area contributed by atoms with Crippen molar-refractivity contribution in [3.63, 3.8) is 0 Å². The Morgan fingerprint density at radius 2 is 1.83 bits per heavy atom. The van der Waals surface area contributed by atoms with E-state index in [1.165, 1.54) is 12.8 Å². The summed E-state index contributed by atoms with van der Waals surface area (Å²) >= 11 is 12.4. The maximum absolute atomic E-state index is 6.18. The lowest BCUT2D eigenvalue weighted by Gasteiger charge is -2.14. The summed E-state index contributed by atoms with van der Waals surface area (Å²) < 4.78 is 5.59. The van der Waals surface area contributed by atoms with Crippen LogP contribution in [0.25, 0.3) is 0 Å². The van der Waals surface area contributed by atoms with Crippen molar-refractivity contribution in [1.29, 1.82) is 0 Å². The molecule has 0 unspecified atom stereocenters. The van der Waals surface area contributed by atoms with E-state index in [4.69, 9.17) is 27.9 Å². The smallest absolute Gasteiger partial charge is 0.156 e. The van der Waals surface area contributed by atoms with Crippen molar-refractivity contribution in [2.75, 3.05) is 6.54 Å². The quantitative estimate of drug-likeness (QED) is 0.737. The third kappa shape index (κ3) is 5.05. The molecular weight excluding hydrogens is 269 g/mol. The summed E-state index contributed by atoms with van der Waals surface area (Å²) in [6.07, 6.45) is 2.43. The van der Waals surface area contributed by atoms with Crippen molar-refractivity contribution < 1.29 is 4.74 Å². The van der Waals surface area contributed by atoms with Crippen LogP contribution >= 0.6 is 23.2 Å². The third-order valence-electron chi connectivity index (χ3n) is 2.45. The van der Waals surface area contributed by atoms with Crippen LogP contribution in [0.15, 0.2) is 12.1 Å². The van der Waals surface area contributed by atoms with Gasteiger partial charge in [0.1, 0.15) is 0 Å². The van der Waals surface area contributed by atoms with Crippen LogP contribution in [-0.4, -0.2) is 12.6 Å². The number of nitrogens with one attached hydrogen (secondary N) is 1. The normalized spacial score (nSPS) is 11.0. The Morgan fingerprint density at radius 3 is 2.33 bits per heavy atom. The standard InChI is InChI=1S/C14H21Cl2NO/c1-4-5-6-17-9-11-7-12(15)14(13(16)8-11)18-10(2)3/h7-8,10,17H,4-6,9H2,1-3H3. The zero-order chi connectivity index (χ0) is 13.5. The Labute approximate surface area is 120 Å². The molecule has 0 aliphatic heterocycles. The van der Waals surface area contributed by atoms with Crippen molar-refractivity contribution in [1.82, 2.24) is 5.32 Å². The molecule has 1 rings (SSSR count). The van der Waals surface area contributed by atoms with E-state index in [-0.39, 0.29) is 6.10 Å². The van der Waals surface area contributed by atoms with E-state index >= 15 is 0 Å². The average Bonchev–Trinajstić information content (AvgIpc) is 2.29. The van der Waals surface area contributed by atoms with Crippen molar-refractivity contribution in [2.24, 2.45) is 0 Å². The molecule has 0 aromatic heterocycles. The molecule has 1 N–H and O–H groups in total. The van der Waals surface area contributed by atoms with Gasteiger partial charge in [-0.05, 0) is 44.5 Å². The molecule has 0 amide bonds. The van der Waals surface area contributed by atoms with E-state index in [1.54, 1.807) is 0 Å². The van der Waals surface area contributed by atoms with Crippen LogP contribution in [0.3, 0.4) is 0 Å². The van der Waals surface area contributed by atoms with Gasteiger partial charge in [-0.25, -0.2) is 0 Å². The van der Waals surface area contributed by atoms with Gasteiger partial charge < -0.3 is 10.1 Å². The first kappa shape index (κ1) is 15.6. The van der Waals surface area contributed by atoms with Gasteiger partial charge in [0.2, 0.25) is 0 Å². The fraction of sp³-hybridized carbons (Fsp3) is 0.571. The largest absolute Gasteiger partial charge is 0.488 e. The Hall–Kier alpha value is -0.440. The molecule has 0 radical (unpaired) electrons. The maximum atomic E-state index is 6.18. The van der Waals surface area contributed by atoms with Gasteiger partial charge in [-0.3, -0.25) is 0 Å². The van der Waals surface area contributed by atoms with Gasteiger partial charge in [0.25, 0.3) is 0 Å². The number of halogens is 2. The Balaban J connectivity index is 2.67. The fourth-order valence-corrected chi connectivity index (χ4v) is 2.22. The number of hydrogen-bond donors (Lipinski definition) is 1. The number of hydrogen-bond acceptors (Lipinski definition) is 2. The van der Waals surface area contributed by atoms with Gasteiger partial charge in [-0.15, -0.1) is 0 Å². The minimum Gasteiger partial charge on any atom is -0.488 e. The highest BCUT2D eigenvalue weighted by molar-refractivity contribution is 6.37. The number of rotatable bonds is 7. The molecule has 0 spiro atoms. The van der Waals surface area contributed by atoms with Gasteiger partial charge in [0.15, 0.2) is 5.75 Å². The average molecular weight is 290 g/mol. The lowest BCUT2D eigenvalue weighted by atomic mass is 10.2. The van der Waals surface area contributed by atoms with Gasteiger partial charge in [-0.2, -0.15) is 0 Å². The summed E-state index contributed by atoms with van der Waals surface area (Å²) in [5, 5.41) is 4.50. The highest BCUT2D eigenvalue weighted by Crippen LogP contribution is 2.34. The summed E-state index contributed by atoms with van der Waals surface area (Å²) in [5.41, 5.74) is 1.08. The lowest BCUT2D eigenvalue weighted by Crippen LogP contribution is -2.14. The van der Waals surface area contributed by atoms with Gasteiger partial charge in [0, 0.05) is 6.54 Å². The van der Waals surface area contributed by atoms with Gasteiger partial charge in [0.05, 0.1) is 16.1 Å². The van der Waals surface area contributed by atoms with Crippen molar-refractivity contribution in [3.05, 3.63) is 27.7 Å². The predicted octanol–water partition coefficient (Wildman–Crippen LogP) is 4.67. The van der Waals surface area contributed by atoms with Crippen LogP contribution < -0.4 is 10.1 Å². The van der Waals surface area contributed by atoms with Crippen LogP contribution in [0, 0.1) is 0 Å². The van der Waals surface area contributed by atoms with Crippen molar-refractivity contribution in [2.45, 2.75) is 46.3 Å². The van der Waals surface area contributed by atoms with Crippen LogP contribution in [0.5, 0.6) is 5.75 Å². The molecule has 102 valence electrons. The molecule has 0 aliphatic carbocycles. The first-order valence-corrected chi connectivity index (χ1v) is 7.15. The summed E-state index contributed by atoms with van der Waals surface area (Å²) in [7, 11) is 0. The first-order valence-electron chi connectivity index (χ1n) is 6.39. The molecule has 0 aliphatic rings. The third-order valence-corrected chi connectivity index (χ3v) is 3.01. The maximum Gasteiger partial charge on any atom is 0.156 e. The number of unbranched alkanes of at least 4 members (excludes halogenated alkanes) is 1. The zero-order valence-electron chi connectivity index (χ0n) is 11.2. The molecule has 2 nitrogen and oxygen atoms in total. The molecule has 0 atom stereocenters. The number of benzene rings is 1. The highest BCUT2D eigenvalue weighted by Gasteiger charge is 2.11. The Bertz CT molecular complexity index is 357. The predicted molar refractivity (Wildman–Crippen MR) is 78.8 cm³/mol. The van der Waals surface area contributed by atoms with Crippen LogP contribution in [0.4, 0.5) is 0 Å². The molecule has 1 aromatic rings.